The zero-order valence-electron chi connectivity index (χ0n) is 16.0. The minimum absolute atomic E-state index is 0.0272. The Morgan fingerprint density at radius 1 is 1.30 bits per heavy atom. The molecule has 1 atom stereocenters. The third kappa shape index (κ3) is 3.68. The van der Waals surface area contributed by atoms with Gasteiger partial charge >= 0.3 is 0 Å². The molecular weight excluding hydrogens is 455 g/mol. The molecule has 2 amide bonds. The molecule has 0 bridgehead atoms. The minimum atomic E-state index is -0.623. The summed E-state index contributed by atoms with van der Waals surface area (Å²) in [5.74, 6) is -1.86. The molecule has 1 aliphatic heterocycles. The summed E-state index contributed by atoms with van der Waals surface area (Å²) < 4.78 is 15.3. The number of benzene rings is 2. The summed E-state index contributed by atoms with van der Waals surface area (Å²) in [6.07, 6.45) is 0. The lowest BCUT2D eigenvalue weighted by Crippen LogP contribution is -2.41. The standard InChI is InChI=1S/C21H18BrFN4O3/c1-26-11-16(13-3-2-4-14(22)9-13)27-18(21(26)30)19(28)17(25-27)20(29)24-10-12-5-7-15(23)8-6-12/h2-9,16,28H,10-11H2,1H3,(H,24,29). The number of aromatic nitrogens is 2. The molecule has 0 saturated heterocycles. The lowest BCUT2D eigenvalue weighted by molar-refractivity contribution is 0.0719. The van der Waals surface area contributed by atoms with E-state index in [9.17, 15) is 19.1 Å². The van der Waals surface area contributed by atoms with Gasteiger partial charge < -0.3 is 15.3 Å². The number of hydrogen-bond donors (Lipinski definition) is 2. The van der Waals surface area contributed by atoms with Gasteiger partial charge in [0.1, 0.15) is 5.82 Å². The molecule has 9 heteroatoms. The summed E-state index contributed by atoms with van der Waals surface area (Å²) in [5, 5.41) is 17.6. The van der Waals surface area contributed by atoms with Crippen molar-refractivity contribution >= 4 is 27.7 Å². The first kappa shape index (κ1) is 20.1. The van der Waals surface area contributed by atoms with E-state index in [4.69, 9.17) is 0 Å². The van der Waals surface area contributed by atoms with Crippen molar-refractivity contribution < 1.29 is 19.1 Å². The average Bonchev–Trinajstić information content (AvgIpc) is 3.07. The number of likely N-dealkylation sites (N-methyl/N-ethyl adjacent to an activating group) is 1. The van der Waals surface area contributed by atoms with E-state index >= 15 is 0 Å². The van der Waals surface area contributed by atoms with Crippen LogP contribution in [-0.4, -0.2) is 45.2 Å². The number of rotatable bonds is 4. The molecule has 1 aliphatic rings. The number of aromatic hydroxyl groups is 1. The smallest absolute Gasteiger partial charge is 0.275 e. The van der Waals surface area contributed by atoms with Gasteiger partial charge in [0.25, 0.3) is 11.8 Å². The first-order chi connectivity index (χ1) is 14.3. The van der Waals surface area contributed by atoms with Crippen molar-refractivity contribution in [3.05, 3.63) is 81.3 Å². The predicted octanol–water partition coefficient (Wildman–Crippen LogP) is 3.10. The maximum absolute atomic E-state index is 13.0. The van der Waals surface area contributed by atoms with E-state index < -0.39 is 17.6 Å². The second-order valence-electron chi connectivity index (χ2n) is 7.06. The number of fused-ring (bicyclic) bond motifs is 1. The van der Waals surface area contributed by atoms with Crippen LogP contribution in [0.15, 0.2) is 53.0 Å². The maximum atomic E-state index is 13.0. The highest BCUT2D eigenvalue weighted by Crippen LogP contribution is 2.34. The molecule has 4 rings (SSSR count). The number of nitrogens with zero attached hydrogens (tertiary/aromatic N) is 3. The molecule has 2 aromatic carbocycles. The van der Waals surface area contributed by atoms with Gasteiger partial charge in [0, 0.05) is 24.6 Å². The molecular formula is C21H18BrFN4O3. The Hall–Kier alpha value is -3.20. The highest BCUT2D eigenvalue weighted by atomic mass is 79.9. The van der Waals surface area contributed by atoms with Crippen molar-refractivity contribution in [2.45, 2.75) is 12.6 Å². The van der Waals surface area contributed by atoms with Gasteiger partial charge in [0.2, 0.25) is 0 Å². The molecule has 2 N–H and O–H groups in total. The van der Waals surface area contributed by atoms with Crippen molar-refractivity contribution in [3.63, 3.8) is 0 Å². The Labute approximate surface area is 180 Å². The molecule has 0 aliphatic carbocycles. The summed E-state index contributed by atoms with van der Waals surface area (Å²) in [4.78, 5) is 26.8. The highest BCUT2D eigenvalue weighted by molar-refractivity contribution is 9.10. The number of carbonyl (C=O) groups excluding carboxylic acids is 2. The van der Waals surface area contributed by atoms with Crippen LogP contribution in [0.1, 0.15) is 38.1 Å². The molecule has 1 unspecified atom stereocenters. The van der Waals surface area contributed by atoms with Gasteiger partial charge in [-0.1, -0.05) is 40.2 Å². The third-order valence-electron chi connectivity index (χ3n) is 4.99. The van der Waals surface area contributed by atoms with Crippen molar-refractivity contribution in [1.82, 2.24) is 20.0 Å². The lowest BCUT2D eigenvalue weighted by Gasteiger charge is -2.31. The van der Waals surface area contributed by atoms with Crippen LogP contribution in [0.2, 0.25) is 0 Å². The van der Waals surface area contributed by atoms with Crippen LogP contribution >= 0.6 is 15.9 Å². The number of halogens is 2. The van der Waals surface area contributed by atoms with E-state index in [0.29, 0.717) is 12.1 Å². The van der Waals surface area contributed by atoms with Gasteiger partial charge in [-0.15, -0.1) is 0 Å². The first-order valence-corrected chi connectivity index (χ1v) is 9.99. The van der Waals surface area contributed by atoms with E-state index in [1.165, 1.54) is 21.7 Å². The number of carbonyl (C=O) groups is 2. The Morgan fingerprint density at radius 3 is 2.73 bits per heavy atom. The average molecular weight is 473 g/mol. The van der Waals surface area contributed by atoms with Crippen LogP contribution in [0.3, 0.4) is 0 Å². The zero-order valence-corrected chi connectivity index (χ0v) is 17.6. The zero-order chi connectivity index (χ0) is 21.4. The van der Waals surface area contributed by atoms with Crippen molar-refractivity contribution in [1.29, 1.82) is 0 Å². The van der Waals surface area contributed by atoms with Crippen LogP contribution in [0.4, 0.5) is 4.39 Å². The lowest BCUT2D eigenvalue weighted by atomic mass is 10.0. The molecule has 7 nitrogen and oxygen atoms in total. The third-order valence-corrected chi connectivity index (χ3v) is 5.48. The van der Waals surface area contributed by atoms with Gasteiger partial charge in [0.05, 0.1) is 6.04 Å². The molecule has 0 fully saturated rings. The Morgan fingerprint density at radius 2 is 2.03 bits per heavy atom. The molecule has 154 valence electrons. The predicted molar refractivity (Wildman–Crippen MR) is 111 cm³/mol. The van der Waals surface area contributed by atoms with Crippen LogP contribution in [0.25, 0.3) is 0 Å². The minimum Gasteiger partial charge on any atom is -0.504 e. The molecule has 1 aromatic heterocycles. The van der Waals surface area contributed by atoms with E-state index in [1.807, 2.05) is 24.3 Å². The second kappa shape index (κ2) is 7.91. The normalized spacial score (nSPS) is 15.8. The fourth-order valence-corrected chi connectivity index (χ4v) is 3.85. The largest absolute Gasteiger partial charge is 0.504 e. The van der Waals surface area contributed by atoms with E-state index in [0.717, 1.165) is 10.0 Å². The Bertz CT molecular complexity index is 1130. The Balaban J connectivity index is 1.66. The monoisotopic (exact) mass is 472 g/mol. The van der Waals surface area contributed by atoms with Crippen molar-refractivity contribution in [3.8, 4) is 5.75 Å². The van der Waals surface area contributed by atoms with Crippen LogP contribution in [0, 0.1) is 5.82 Å². The summed E-state index contributed by atoms with van der Waals surface area (Å²) in [5.41, 5.74) is 1.32. The fraction of sp³-hybridized carbons (Fsp3) is 0.190. The molecule has 0 spiro atoms. The van der Waals surface area contributed by atoms with E-state index in [1.54, 1.807) is 19.2 Å². The quantitative estimate of drug-likeness (QED) is 0.610. The summed E-state index contributed by atoms with van der Waals surface area (Å²) in [7, 11) is 1.64. The number of nitrogens with one attached hydrogen (secondary N) is 1. The van der Waals surface area contributed by atoms with Crippen molar-refractivity contribution in [2.24, 2.45) is 0 Å². The van der Waals surface area contributed by atoms with Crippen LogP contribution in [-0.2, 0) is 6.54 Å². The molecule has 30 heavy (non-hydrogen) atoms. The van der Waals surface area contributed by atoms with Gasteiger partial charge in [-0.3, -0.25) is 9.59 Å². The summed E-state index contributed by atoms with van der Waals surface area (Å²) >= 11 is 3.44. The van der Waals surface area contributed by atoms with E-state index in [2.05, 4.69) is 26.3 Å². The van der Waals surface area contributed by atoms with Gasteiger partial charge in [0.15, 0.2) is 17.1 Å². The second-order valence-corrected chi connectivity index (χ2v) is 7.97. The molecule has 0 radical (unpaired) electrons. The summed E-state index contributed by atoms with van der Waals surface area (Å²) in [6, 6.07) is 12.9. The first-order valence-electron chi connectivity index (χ1n) is 9.20. The van der Waals surface area contributed by atoms with Gasteiger partial charge in [-0.2, -0.15) is 5.10 Å². The summed E-state index contributed by atoms with van der Waals surface area (Å²) in [6.45, 7) is 0.476. The highest BCUT2D eigenvalue weighted by Gasteiger charge is 2.37. The SMILES string of the molecule is CN1CC(c2cccc(Br)c2)n2nc(C(=O)NCc3ccc(F)cc3)c(O)c2C1=O. The van der Waals surface area contributed by atoms with Gasteiger partial charge in [-0.25, -0.2) is 9.07 Å². The number of amides is 2. The van der Waals surface area contributed by atoms with Crippen LogP contribution in [0.5, 0.6) is 5.75 Å². The molecule has 0 saturated carbocycles. The number of hydrogen-bond acceptors (Lipinski definition) is 4. The Kier molecular flexibility index (Phi) is 5.29. The van der Waals surface area contributed by atoms with E-state index in [-0.39, 0.29) is 29.8 Å². The molecule has 2 heterocycles. The van der Waals surface area contributed by atoms with Crippen molar-refractivity contribution in [2.75, 3.05) is 13.6 Å². The fourth-order valence-electron chi connectivity index (χ4n) is 3.43. The van der Waals surface area contributed by atoms with Crippen LogP contribution < -0.4 is 5.32 Å². The molecule has 3 aromatic rings. The van der Waals surface area contributed by atoms with Gasteiger partial charge in [-0.05, 0) is 35.4 Å². The topological polar surface area (TPSA) is 87.5 Å². The maximum Gasteiger partial charge on any atom is 0.275 e.